The lowest BCUT2D eigenvalue weighted by Crippen LogP contribution is -2.45. The van der Waals surface area contributed by atoms with Gasteiger partial charge >= 0.3 is 24.6 Å². The maximum absolute atomic E-state index is 13.5. The van der Waals surface area contributed by atoms with Gasteiger partial charge in [-0.3, -0.25) is 4.90 Å². The van der Waals surface area contributed by atoms with Crippen molar-refractivity contribution in [1.29, 1.82) is 0 Å². The molecule has 37 heavy (non-hydrogen) atoms. The minimum atomic E-state index is -5.13. The summed E-state index contributed by atoms with van der Waals surface area (Å²) in [5.41, 5.74) is 1.15. The second-order valence-electron chi connectivity index (χ2n) is 9.13. The van der Waals surface area contributed by atoms with Crippen LogP contribution in [0.2, 0.25) is 0 Å². The van der Waals surface area contributed by atoms with Gasteiger partial charge < -0.3 is 10.5 Å². The van der Waals surface area contributed by atoms with Crippen molar-refractivity contribution in [3.8, 4) is 0 Å². The monoisotopic (exact) mass is 542 g/mol. The van der Waals surface area contributed by atoms with Gasteiger partial charge in [0.05, 0.1) is 28.5 Å². The molecule has 204 valence electrons. The highest BCUT2D eigenvalue weighted by atomic mass is 19.4. The van der Waals surface area contributed by atoms with Gasteiger partial charge in [-0.1, -0.05) is 0 Å². The van der Waals surface area contributed by atoms with Crippen LogP contribution in [-0.2, 0) is 23.3 Å². The lowest BCUT2D eigenvalue weighted by Gasteiger charge is -2.41. The number of rotatable bonds is 3. The third-order valence-corrected chi connectivity index (χ3v) is 6.01. The Hall–Kier alpha value is -2.96. The smallest absolute Gasteiger partial charge is 0.416 e. The highest BCUT2D eigenvalue weighted by Crippen LogP contribution is 2.47. The molecule has 0 saturated heterocycles. The summed E-state index contributed by atoms with van der Waals surface area (Å²) in [5.74, 6) is -1.15. The van der Waals surface area contributed by atoms with Crippen molar-refractivity contribution in [3.63, 3.8) is 0 Å². The summed E-state index contributed by atoms with van der Waals surface area (Å²) in [5, 5.41) is 0. The second kappa shape index (κ2) is 9.73. The molecule has 13 heteroatoms. The zero-order chi connectivity index (χ0) is 28.1. The molecule has 0 unspecified atom stereocenters. The fourth-order valence-corrected chi connectivity index (χ4v) is 4.37. The number of fused-ring (bicyclic) bond motifs is 1. The molecule has 0 aliphatic carbocycles. The van der Waals surface area contributed by atoms with Crippen LogP contribution in [0.25, 0.3) is 0 Å². The highest BCUT2D eigenvalue weighted by molar-refractivity contribution is 5.90. The van der Waals surface area contributed by atoms with Gasteiger partial charge in [0.15, 0.2) is 0 Å². The van der Waals surface area contributed by atoms with E-state index in [1.54, 1.807) is 13.8 Å². The van der Waals surface area contributed by atoms with E-state index in [0.29, 0.717) is 18.2 Å². The van der Waals surface area contributed by atoms with Crippen LogP contribution in [0.1, 0.15) is 67.0 Å². The summed E-state index contributed by atoms with van der Waals surface area (Å²) in [4.78, 5) is 13.8. The Kier molecular flexibility index (Phi) is 7.52. The number of carbonyl (C=O) groups excluding carboxylic acids is 1. The second-order valence-corrected chi connectivity index (χ2v) is 9.13. The molecule has 1 aliphatic rings. The van der Waals surface area contributed by atoms with Crippen molar-refractivity contribution in [3.05, 3.63) is 64.2 Å². The zero-order valence-electron chi connectivity index (χ0n) is 19.7. The fraction of sp³-hybridized carbons (Fsp3) is 0.458. The Morgan fingerprint density at radius 2 is 1.41 bits per heavy atom. The molecule has 0 aromatic heterocycles. The summed E-state index contributed by atoms with van der Waals surface area (Å²) in [6.45, 7) is 4.64. The van der Waals surface area contributed by atoms with E-state index in [4.69, 9.17) is 10.5 Å². The van der Waals surface area contributed by atoms with Crippen LogP contribution in [-0.4, -0.2) is 18.2 Å². The molecule has 1 heterocycles. The first-order chi connectivity index (χ1) is 16.8. The van der Waals surface area contributed by atoms with E-state index in [1.807, 2.05) is 0 Å². The molecular formula is C24H23F9N2O2. The molecule has 0 bridgehead atoms. The minimum Gasteiger partial charge on any atom is -0.446 e. The largest absolute Gasteiger partial charge is 0.446 e. The van der Waals surface area contributed by atoms with Crippen LogP contribution in [0, 0.1) is 0 Å². The van der Waals surface area contributed by atoms with Crippen molar-refractivity contribution in [2.75, 3.05) is 4.90 Å². The van der Waals surface area contributed by atoms with Gasteiger partial charge in [0.25, 0.3) is 0 Å². The molecule has 3 rings (SSSR count). The number of amides is 1. The molecule has 2 N–H and O–H groups in total. The number of halogens is 9. The fourth-order valence-electron chi connectivity index (χ4n) is 4.37. The molecule has 0 fully saturated rings. The highest BCUT2D eigenvalue weighted by Gasteiger charge is 2.42. The number of anilines is 1. The first-order valence-electron chi connectivity index (χ1n) is 11.1. The van der Waals surface area contributed by atoms with Crippen molar-refractivity contribution >= 4 is 11.8 Å². The van der Waals surface area contributed by atoms with E-state index >= 15 is 0 Å². The van der Waals surface area contributed by atoms with E-state index in [2.05, 4.69) is 0 Å². The Bertz CT molecular complexity index is 1120. The van der Waals surface area contributed by atoms with Gasteiger partial charge in [0.1, 0.15) is 0 Å². The molecule has 0 saturated carbocycles. The summed E-state index contributed by atoms with van der Waals surface area (Å²) >= 11 is 0. The van der Waals surface area contributed by atoms with E-state index in [1.165, 1.54) is 6.92 Å². The lowest BCUT2D eigenvalue weighted by molar-refractivity contribution is -0.143. The van der Waals surface area contributed by atoms with Gasteiger partial charge in [0, 0.05) is 18.0 Å². The van der Waals surface area contributed by atoms with Crippen molar-refractivity contribution in [1.82, 2.24) is 0 Å². The Morgan fingerprint density at radius 3 is 1.86 bits per heavy atom. The Labute approximate surface area is 206 Å². The van der Waals surface area contributed by atoms with Crippen molar-refractivity contribution in [2.45, 2.75) is 69.8 Å². The predicted molar refractivity (Wildman–Crippen MR) is 116 cm³/mol. The van der Waals surface area contributed by atoms with Crippen LogP contribution >= 0.6 is 0 Å². The number of alkyl halides is 9. The molecule has 0 spiro atoms. The number of hydrogen-bond acceptors (Lipinski definition) is 3. The van der Waals surface area contributed by atoms with Crippen molar-refractivity contribution in [2.24, 2.45) is 5.73 Å². The zero-order valence-corrected chi connectivity index (χ0v) is 19.7. The summed E-state index contributed by atoms with van der Waals surface area (Å²) in [6, 6.07) is 0.993. The van der Waals surface area contributed by atoms with E-state index in [0.717, 1.165) is 17.0 Å². The number of nitrogens with zero attached hydrogens (tertiary/aromatic N) is 1. The number of carbonyl (C=O) groups is 1. The lowest BCUT2D eigenvalue weighted by atomic mass is 9.78. The SMILES string of the molecule is CC(C)OC(=O)N1c2ccc(C(F)(F)F)cc2[C@H]([C@H](N)c2cc(C(F)(F)F)cc(C(F)(F)F)c2)C[C@H]1C. The molecule has 2 aromatic carbocycles. The summed E-state index contributed by atoms with van der Waals surface area (Å²) in [6.07, 6.45) is -16.7. The molecule has 1 amide bonds. The van der Waals surface area contributed by atoms with E-state index < -0.39 is 71.0 Å². The summed E-state index contributed by atoms with van der Waals surface area (Å²) < 4.78 is 126. The van der Waals surface area contributed by atoms with Gasteiger partial charge in [-0.2, -0.15) is 39.5 Å². The Balaban J connectivity index is 2.19. The van der Waals surface area contributed by atoms with Crippen LogP contribution in [0.15, 0.2) is 36.4 Å². The maximum Gasteiger partial charge on any atom is 0.416 e. The van der Waals surface area contributed by atoms with Crippen LogP contribution in [0.5, 0.6) is 0 Å². The molecule has 1 aliphatic heterocycles. The molecule has 0 radical (unpaired) electrons. The maximum atomic E-state index is 13.5. The van der Waals surface area contributed by atoms with Gasteiger partial charge in [0.2, 0.25) is 0 Å². The minimum absolute atomic E-state index is 0.0270. The van der Waals surface area contributed by atoms with Crippen molar-refractivity contribution < 1.29 is 49.0 Å². The summed E-state index contributed by atoms with van der Waals surface area (Å²) in [7, 11) is 0. The number of benzene rings is 2. The third-order valence-electron chi connectivity index (χ3n) is 6.01. The van der Waals surface area contributed by atoms with Gasteiger partial charge in [-0.25, -0.2) is 4.79 Å². The van der Waals surface area contributed by atoms with Crippen LogP contribution < -0.4 is 10.6 Å². The van der Waals surface area contributed by atoms with E-state index in [-0.39, 0.29) is 23.7 Å². The van der Waals surface area contributed by atoms with Crippen LogP contribution in [0.3, 0.4) is 0 Å². The topological polar surface area (TPSA) is 55.6 Å². The van der Waals surface area contributed by atoms with Gasteiger partial charge in [-0.15, -0.1) is 0 Å². The quantitative estimate of drug-likeness (QED) is 0.405. The average molecular weight is 542 g/mol. The first kappa shape index (κ1) is 28.6. The predicted octanol–water partition coefficient (Wildman–Crippen LogP) is 7.67. The first-order valence-corrected chi connectivity index (χ1v) is 11.1. The molecular weight excluding hydrogens is 519 g/mol. The third kappa shape index (κ3) is 6.13. The average Bonchev–Trinajstić information content (AvgIpc) is 2.75. The van der Waals surface area contributed by atoms with Gasteiger partial charge in [-0.05, 0) is 74.7 Å². The molecule has 3 atom stereocenters. The standard InChI is InChI=1S/C24H23F9N2O2/c1-11(2)37-21(36)35-12(3)6-18(17-10-14(22(25,26)27)4-5-19(17)35)20(34)13-7-15(23(28,29)30)9-16(8-13)24(31,32)33/h4-5,7-12,18,20H,6,34H2,1-3H3/t12-,18-,20-/m1/s1. The van der Waals surface area contributed by atoms with E-state index in [9.17, 15) is 44.3 Å². The van der Waals surface area contributed by atoms with Crippen LogP contribution in [0.4, 0.5) is 50.0 Å². The molecule has 4 nitrogen and oxygen atoms in total. The number of nitrogens with two attached hydrogens (primary N) is 1. The number of hydrogen-bond donors (Lipinski definition) is 1. The normalized spacial score (nSPS) is 19.6. The molecule has 2 aromatic rings. The Morgan fingerprint density at radius 1 is 0.892 bits per heavy atom. The number of ether oxygens (including phenoxy) is 1.